The van der Waals surface area contributed by atoms with Gasteiger partial charge in [0, 0.05) is 21.1 Å². The van der Waals surface area contributed by atoms with Gasteiger partial charge in [0.2, 0.25) is 0 Å². The maximum atomic E-state index is 11.8. The van der Waals surface area contributed by atoms with Crippen LogP contribution < -0.4 is 0 Å². The Kier molecular flexibility index (Phi) is 5.48. The Morgan fingerprint density at radius 1 is 1.56 bits per heavy atom. The molecule has 0 fully saturated rings. The third-order valence-corrected chi connectivity index (χ3v) is 4.15. The highest BCUT2D eigenvalue weighted by atomic mass is 32.2. The fraction of sp³-hybridized carbons (Fsp3) is 0.545. The van der Waals surface area contributed by atoms with E-state index in [4.69, 9.17) is 10.2 Å². The first-order valence-corrected chi connectivity index (χ1v) is 6.98. The van der Waals surface area contributed by atoms with Crippen molar-refractivity contribution in [3.8, 4) is 0 Å². The minimum absolute atomic E-state index is 0.0944. The van der Waals surface area contributed by atoms with Crippen molar-refractivity contribution < 1.29 is 15.0 Å². The molecular formula is C11H16O3S2. The average Bonchev–Trinajstić information content (AvgIpc) is 2.57. The smallest absolute Gasteiger partial charge is 0.173 e. The van der Waals surface area contributed by atoms with Crippen LogP contribution in [0.3, 0.4) is 0 Å². The van der Waals surface area contributed by atoms with Crippen LogP contribution in [0.1, 0.15) is 20.1 Å². The van der Waals surface area contributed by atoms with Crippen molar-refractivity contribution in [2.75, 3.05) is 18.1 Å². The number of aliphatic hydroxyl groups excluding tert-OH is 2. The van der Waals surface area contributed by atoms with Gasteiger partial charge in [-0.15, -0.1) is 11.3 Å². The molecule has 90 valence electrons. The molecule has 0 saturated heterocycles. The van der Waals surface area contributed by atoms with Gasteiger partial charge < -0.3 is 10.2 Å². The number of hydrogen-bond acceptors (Lipinski definition) is 5. The van der Waals surface area contributed by atoms with Crippen molar-refractivity contribution in [2.24, 2.45) is 0 Å². The van der Waals surface area contributed by atoms with E-state index >= 15 is 0 Å². The minimum Gasteiger partial charge on any atom is -0.394 e. The fourth-order valence-electron chi connectivity index (χ4n) is 1.33. The van der Waals surface area contributed by atoms with E-state index in [1.54, 1.807) is 11.3 Å². The van der Waals surface area contributed by atoms with Crippen LogP contribution in [-0.4, -0.2) is 40.2 Å². The molecule has 2 N–H and O–H groups in total. The lowest BCUT2D eigenvalue weighted by atomic mass is 10.2. The number of Topliss-reactive ketones (excluding diaryl/α,β-unsaturated/α-hetero) is 1. The van der Waals surface area contributed by atoms with Crippen LogP contribution in [0, 0.1) is 13.8 Å². The summed E-state index contributed by atoms with van der Waals surface area (Å²) in [6.07, 6.45) is -0.733. The van der Waals surface area contributed by atoms with Crippen molar-refractivity contribution in [1.82, 2.24) is 0 Å². The molecule has 1 aromatic rings. The number of ketones is 1. The van der Waals surface area contributed by atoms with E-state index in [1.807, 2.05) is 19.9 Å². The topological polar surface area (TPSA) is 57.5 Å². The summed E-state index contributed by atoms with van der Waals surface area (Å²) in [6.45, 7) is 3.67. The van der Waals surface area contributed by atoms with Gasteiger partial charge in [-0.3, -0.25) is 4.79 Å². The van der Waals surface area contributed by atoms with Gasteiger partial charge in [0.05, 0.1) is 18.5 Å². The van der Waals surface area contributed by atoms with Gasteiger partial charge in [-0.05, 0) is 19.9 Å². The number of carbonyl (C=O) groups excluding carboxylic acids is 1. The van der Waals surface area contributed by atoms with Gasteiger partial charge in [-0.1, -0.05) is 0 Å². The third-order valence-electron chi connectivity index (χ3n) is 2.10. The highest BCUT2D eigenvalue weighted by Crippen LogP contribution is 2.22. The van der Waals surface area contributed by atoms with Crippen LogP contribution in [0.2, 0.25) is 0 Å². The van der Waals surface area contributed by atoms with E-state index in [-0.39, 0.29) is 12.4 Å². The number of thioether (sulfide) groups is 1. The number of thiophene rings is 1. The summed E-state index contributed by atoms with van der Waals surface area (Å²) >= 11 is 2.97. The lowest BCUT2D eigenvalue weighted by molar-refractivity contribution is 0.102. The molecule has 0 amide bonds. The molecule has 0 bridgehead atoms. The lowest BCUT2D eigenvalue weighted by Crippen LogP contribution is -2.16. The second-order valence-electron chi connectivity index (χ2n) is 3.60. The number of carbonyl (C=O) groups is 1. The Bertz CT molecular complexity index is 360. The molecule has 1 rings (SSSR count). The fourth-order valence-corrected chi connectivity index (χ4v) is 3.10. The Balaban J connectivity index is 2.44. The standard InChI is InChI=1S/C11H16O3S2/c1-7-3-10(8(2)16-7)11(14)6-15-5-9(13)4-12/h3,9,12-13H,4-6H2,1-2H3. The number of hydrogen-bond donors (Lipinski definition) is 2. The van der Waals surface area contributed by atoms with Gasteiger partial charge in [-0.25, -0.2) is 0 Å². The van der Waals surface area contributed by atoms with E-state index < -0.39 is 6.10 Å². The predicted molar refractivity (Wildman–Crippen MR) is 68.5 cm³/mol. The van der Waals surface area contributed by atoms with Crippen molar-refractivity contribution >= 4 is 28.9 Å². The molecule has 0 radical (unpaired) electrons. The first-order chi connectivity index (χ1) is 7.54. The maximum absolute atomic E-state index is 11.8. The summed E-state index contributed by atoms with van der Waals surface area (Å²) in [5, 5.41) is 17.7. The summed E-state index contributed by atoms with van der Waals surface area (Å²) in [4.78, 5) is 14.0. The zero-order chi connectivity index (χ0) is 12.1. The van der Waals surface area contributed by atoms with E-state index in [2.05, 4.69) is 0 Å². The minimum atomic E-state index is -0.733. The molecule has 0 spiro atoms. The predicted octanol–water partition coefficient (Wildman–Crippen LogP) is 1.63. The molecule has 0 saturated carbocycles. The molecule has 16 heavy (non-hydrogen) atoms. The van der Waals surface area contributed by atoms with Gasteiger partial charge in [0.1, 0.15) is 0 Å². The van der Waals surface area contributed by atoms with Crippen LogP contribution in [0.5, 0.6) is 0 Å². The summed E-state index contributed by atoms with van der Waals surface area (Å²) in [6, 6.07) is 1.91. The van der Waals surface area contributed by atoms with Gasteiger partial charge in [0.25, 0.3) is 0 Å². The zero-order valence-electron chi connectivity index (χ0n) is 9.40. The molecule has 1 aromatic heterocycles. The van der Waals surface area contributed by atoms with Gasteiger partial charge >= 0.3 is 0 Å². The summed E-state index contributed by atoms with van der Waals surface area (Å²) in [5.74, 6) is 0.843. The van der Waals surface area contributed by atoms with Crippen molar-refractivity contribution in [3.63, 3.8) is 0 Å². The molecule has 0 aliphatic heterocycles. The first-order valence-electron chi connectivity index (χ1n) is 5.01. The molecule has 0 aliphatic carbocycles. The van der Waals surface area contributed by atoms with Gasteiger partial charge in [-0.2, -0.15) is 11.8 Å². The zero-order valence-corrected chi connectivity index (χ0v) is 11.0. The number of rotatable bonds is 6. The Hall–Kier alpha value is -0.360. The molecule has 0 aromatic carbocycles. The molecular weight excluding hydrogens is 244 g/mol. The summed E-state index contributed by atoms with van der Waals surface area (Å²) < 4.78 is 0. The van der Waals surface area contributed by atoms with E-state index in [0.717, 1.165) is 15.3 Å². The van der Waals surface area contributed by atoms with Crippen LogP contribution in [0.25, 0.3) is 0 Å². The van der Waals surface area contributed by atoms with E-state index in [9.17, 15) is 4.79 Å². The second kappa shape index (κ2) is 6.39. The van der Waals surface area contributed by atoms with Crippen LogP contribution in [0.4, 0.5) is 0 Å². The molecule has 5 heteroatoms. The summed E-state index contributed by atoms with van der Waals surface area (Å²) in [7, 11) is 0. The Labute approximate surface area is 103 Å². The quantitative estimate of drug-likeness (QED) is 0.763. The molecule has 0 aliphatic rings. The van der Waals surface area contributed by atoms with E-state index in [0.29, 0.717) is 11.5 Å². The SMILES string of the molecule is Cc1cc(C(=O)CSCC(O)CO)c(C)s1. The summed E-state index contributed by atoms with van der Waals surface area (Å²) in [5.41, 5.74) is 0.786. The highest BCUT2D eigenvalue weighted by Gasteiger charge is 2.12. The first kappa shape index (κ1) is 13.7. The molecule has 1 heterocycles. The second-order valence-corrected chi connectivity index (χ2v) is 6.09. The number of aliphatic hydroxyl groups is 2. The third kappa shape index (κ3) is 3.90. The average molecular weight is 260 g/mol. The van der Waals surface area contributed by atoms with E-state index in [1.165, 1.54) is 11.8 Å². The monoisotopic (exact) mass is 260 g/mol. The van der Waals surface area contributed by atoms with Crippen LogP contribution in [0.15, 0.2) is 6.07 Å². The Morgan fingerprint density at radius 2 is 2.25 bits per heavy atom. The van der Waals surface area contributed by atoms with Crippen molar-refractivity contribution in [3.05, 3.63) is 21.4 Å². The molecule has 3 nitrogen and oxygen atoms in total. The van der Waals surface area contributed by atoms with Crippen LogP contribution in [-0.2, 0) is 0 Å². The molecule has 1 atom stereocenters. The van der Waals surface area contributed by atoms with Crippen molar-refractivity contribution in [2.45, 2.75) is 20.0 Å². The maximum Gasteiger partial charge on any atom is 0.173 e. The lowest BCUT2D eigenvalue weighted by Gasteiger charge is -2.05. The van der Waals surface area contributed by atoms with Crippen LogP contribution >= 0.6 is 23.1 Å². The number of aryl methyl sites for hydroxylation is 2. The Morgan fingerprint density at radius 3 is 2.75 bits per heavy atom. The molecule has 1 unspecified atom stereocenters. The normalized spacial score (nSPS) is 12.8. The largest absolute Gasteiger partial charge is 0.394 e. The van der Waals surface area contributed by atoms with Crippen molar-refractivity contribution in [1.29, 1.82) is 0 Å². The highest BCUT2D eigenvalue weighted by molar-refractivity contribution is 8.00. The van der Waals surface area contributed by atoms with Gasteiger partial charge in [0.15, 0.2) is 5.78 Å².